The Bertz CT molecular complexity index is 960. The minimum Gasteiger partial charge on any atom is -0.483 e. The van der Waals surface area contributed by atoms with E-state index in [4.69, 9.17) is 9.90 Å². The maximum Gasteiger partial charge on any atom is 0.290 e. The number of carbonyl (C=O) groups is 3. The molecule has 0 bridgehead atoms. The maximum atomic E-state index is 13.1. The molecule has 3 N–H and O–H groups in total. The molecule has 2 aliphatic heterocycles. The molecule has 2 aromatic heterocycles. The minimum atomic E-state index is -0.436. The first-order chi connectivity index (χ1) is 15.0. The molecule has 2 aliphatic rings. The lowest BCUT2D eigenvalue weighted by Gasteiger charge is -2.54. The topological polar surface area (TPSA) is 157 Å². The van der Waals surface area contributed by atoms with Crippen LogP contribution in [0.2, 0.25) is 0 Å². The van der Waals surface area contributed by atoms with Crippen molar-refractivity contribution in [2.24, 2.45) is 5.41 Å². The number of hydrogen-bond acceptors (Lipinski definition) is 8. The van der Waals surface area contributed by atoms with Gasteiger partial charge in [-0.1, -0.05) is 0 Å². The van der Waals surface area contributed by atoms with Crippen molar-refractivity contribution in [2.45, 2.75) is 25.3 Å². The Morgan fingerprint density at radius 2 is 2.03 bits per heavy atom. The molecule has 0 radical (unpaired) electrons. The summed E-state index contributed by atoms with van der Waals surface area (Å²) >= 11 is 1.36. The Hall–Kier alpha value is -3.12. The molecule has 4 heterocycles. The second-order valence-electron chi connectivity index (χ2n) is 7.43. The van der Waals surface area contributed by atoms with Crippen LogP contribution in [0.3, 0.4) is 0 Å². The summed E-state index contributed by atoms with van der Waals surface area (Å²) in [5.41, 5.74) is 1.36. The number of aliphatic hydroxyl groups excluding tert-OH is 1. The molecule has 2 fully saturated rings. The van der Waals surface area contributed by atoms with E-state index in [-0.39, 0.29) is 42.2 Å². The van der Waals surface area contributed by atoms with Crippen molar-refractivity contribution in [1.82, 2.24) is 25.0 Å². The largest absolute Gasteiger partial charge is 0.483 e. The second kappa shape index (κ2) is 9.79. The van der Waals surface area contributed by atoms with Crippen molar-refractivity contribution >= 4 is 29.6 Å². The van der Waals surface area contributed by atoms with Gasteiger partial charge in [0, 0.05) is 36.5 Å². The number of hydrogen-bond donors (Lipinski definition) is 3. The van der Waals surface area contributed by atoms with Gasteiger partial charge in [0.25, 0.3) is 23.8 Å². The normalized spacial score (nSPS) is 22.7. The number of nitrogens with one attached hydrogen (secondary N) is 1. The highest BCUT2D eigenvalue weighted by Crippen LogP contribution is 2.42. The van der Waals surface area contributed by atoms with Crippen LogP contribution in [-0.2, 0) is 4.79 Å². The zero-order chi connectivity index (χ0) is 22.4. The average molecular weight is 449 g/mol. The first kappa shape index (κ1) is 22.6. The van der Waals surface area contributed by atoms with Gasteiger partial charge in [-0.15, -0.1) is 11.3 Å². The van der Waals surface area contributed by atoms with E-state index >= 15 is 0 Å². The summed E-state index contributed by atoms with van der Waals surface area (Å²) in [6.07, 6.45) is 2.19. The number of fused-ring (bicyclic) bond motifs is 1. The van der Waals surface area contributed by atoms with E-state index < -0.39 is 5.41 Å². The Morgan fingerprint density at radius 3 is 2.65 bits per heavy atom. The van der Waals surface area contributed by atoms with E-state index in [0.29, 0.717) is 31.7 Å². The molecular weight excluding hydrogens is 426 g/mol. The van der Waals surface area contributed by atoms with Gasteiger partial charge in [0.15, 0.2) is 0 Å². The monoisotopic (exact) mass is 449 g/mol. The molecule has 0 aromatic carbocycles. The van der Waals surface area contributed by atoms with Crippen molar-refractivity contribution in [3.63, 3.8) is 0 Å². The third kappa shape index (κ3) is 4.64. The predicted octanol–water partition coefficient (Wildman–Crippen LogP) is 0.0566. The molecule has 2 atom stereocenters. The van der Waals surface area contributed by atoms with Crippen LogP contribution in [0.1, 0.15) is 40.2 Å². The van der Waals surface area contributed by atoms with Gasteiger partial charge < -0.3 is 20.0 Å². The number of H-pyrrole nitrogens is 1. The lowest BCUT2D eigenvalue weighted by Crippen LogP contribution is -2.64. The summed E-state index contributed by atoms with van der Waals surface area (Å²) in [7, 11) is 0. The molecule has 0 saturated carbocycles. The summed E-state index contributed by atoms with van der Waals surface area (Å²) < 4.78 is 0. The first-order valence-electron chi connectivity index (χ1n) is 9.68. The molecule has 2 saturated heterocycles. The number of nitrogens with zero attached hydrogens (tertiary/aromatic N) is 4. The van der Waals surface area contributed by atoms with Gasteiger partial charge in [0.05, 0.1) is 18.2 Å². The SMILES string of the molecule is O=C(c1cscn1)N1CC[C@]2(CO)CCCN(C(=O)c3ccc(=O)[nH]n3)[C@H]2C1.O=CO. The smallest absolute Gasteiger partial charge is 0.290 e. The van der Waals surface area contributed by atoms with E-state index in [2.05, 4.69) is 15.2 Å². The zero-order valence-electron chi connectivity index (χ0n) is 16.6. The zero-order valence-corrected chi connectivity index (χ0v) is 17.5. The van der Waals surface area contributed by atoms with Crippen LogP contribution >= 0.6 is 11.3 Å². The molecule has 166 valence electrons. The van der Waals surface area contributed by atoms with Gasteiger partial charge in [0.2, 0.25) is 0 Å². The Balaban J connectivity index is 0.000000858. The highest BCUT2D eigenvalue weighted by atomic mass is 32.1. The van der Waals surface area contributed by atoms with Crippen LogP contribution in [0.15, 0.2) is 27.8 Å². The van der Waals surface area contributed by atoms with Crippen LogP contribution in [-0.4, -0.2) is 85.8 Å². The fourth-order valence-corrected chi connectivity index (χ4v) is 4.80. The minimum absolute atomic E-state index is 0.0424. The number of thiazole rings is 1. The maximum absolute atomic E-state index is 13.1. The third-order valence-corrected chi connectivity index (χ3v) is 6.43. The molecule has 2 aromatic rings. The van der Waals surface area contributed by atoms with Gasteiger partial charge in [-0.05, 0) is 25.3 Å². The van der Waals surface area contributed by atoms with Crippen molar-refractivity contribution in [1.29, 1.82) is 0 Å². The van der Waals surface area contributed by atoms with Gasteiger partial charge in [-0.3, -0.25) is 19.2 Å². The number of rotatable bonds is 3. The number of likely N-dealkylation sites (tertiary alicyclic amines) is 2. The predicted molar refractivity (Wildman–Crippen MR) is 110 cm³/mol. The van der Waals surface area contributed by atoms with Crippen LogP contribution in [0, 0.1) is 5.41 Å². The summed E-state index contributed by atoms with van der Waals surface area (Å²) in [6, 6.07) is 2.35. The Kier molecular flexibility index (Phi) is 7.13. The second-order valence-corrected chi connectivity index (χ2v) is 8.14. The fraction of sp³-hybridized carbons (Fsp3) is 0.474. The van der Waals surface area contributed by atoms with Crippen molar-refractivity contribution in [3.8, 4) is 0 Å². The Morgan fingerprint density at radius 1 is 1.26 bits per heavy atom. The van der Waals surface area contributed by atoms with Gasteiger partial charge >= 0.3 is 0 Å². The summed E-state index contributed by atoms with van der Waals surface area (Å²) in [5.74, 6) is -0.463. The standard InChI is InChI=1S/C18H21N5O4S.CH2O2/c24-10-18-4-1-6-23(17(27)12-2-3-15(25)21-20-12)14(18)8-22(7-5-18)16(26)13-9-28-11-19-13;2-1-3/h2-3,9,11,14,24H,1,4-8,10H2,(H,21,25);1H,(H,2,3)/t14-,18-;/m0./s1. The quantitative estimate of drug-likeness (QED) is 0.555. The van der Waals surface area contributed by atoms with E-state index in [9.17, 15) is 19.5 Å². The van der Waals surface area contributed by atoms with Crippen LogP contribution < -0.4 is 5.56 Å². The number of carbonyl (C=O) groups excluding carboxylic acids is 2. The number of aromatic amines is 1. The van der Waals surface area contributed by atoms with E-state index in [1.54, 1.807) is 20.7 Å². The van der Waals surface area contributed by atoms with E-state index in [1.165, 1.54) is 23.5 Å². The van der Waals surface area contributed by atoms with Crippen molar-refractivity contribution in [2.75, 3.05) is 26.2 Å². The Labute approximate surface area is 181 Å². The van der Waals surface area contributed by atoms with Crippen LogP contribution in [0.25, 0.3) is 0 Å². The molecule has 0 aliphatic carbocycles. The molecule has 31 heavy (non-hydrogen) atoms. The molecule has 4 rings (SSSR count). The van der Waals surface area contributed by atoms with E-state index in [1.807, 2.05) is 0 Å². The number of aliphatic hydroxyl groups is 1. The first-order valence-corrected chi connectivity index (χ1v) is 10.6. The van der Waals surface area contributed by atoms with Crippen molar-refractivity contribution < 1.29 is 24.6 Å². The number of piperidine rings is 2. The number of aromatic nitrogens is 3. The molecule has 2 amide bonds. The number of amides is 2. The van der Waals surface area contributed by atoms with Crippen LogP contribution in [0.5, 0.6) is 0 Å². The molecule has 0 unspecified atom stereocenters. The lowest BCUT2D eigenvalue weighted by molar-refractivity contribution is -0.122. The highest BCUT2D eigenvalue weighted by Gasteiger charge is 2.50. The summed E-state index contributed by atoms with van der Waals surface area (Å²) in [5, 5.41) is 24.9. The molecule has 0 spiro atoms. The highest BCUT2D eigenvalue weighted by molar-refractivity contribution is 7.07. The molecular formula is C19H23N5O6S. The number of carboxylic acid groups (broad SMARTS) is 1. The van der Waals surface area contributed by atoms with Crippen LogP contribution in [0.4, 0.5) is 0 Å². The van der Waals surface area contributed by atoms with Gasteiger partial charge in [-0.25, -0.2) is 10.1 Å². The van der Waals surface area contributed by atoms with E-state index in [0.717, 1.165) is 12.8 Å². The van der Waals surface area contributed by atoms with Gasteiger partial charge in [0.1, 0.15) is 11.4 Å². The fourth-order valence-electron chi connectivity index (χ4n) is 4.28. The lowest BCUT2D eigenvalue weighted by atomic mass is 9.68. The third-order valence-electron chi connectivity index (χ3n) is 5.84. The molecule has 12 heteroatoms. The summed E-state index contributed by atoms with van der Waals surface area (Å²) in [6.45, 7) is 1.09. The molecule has 11 nitrogen and oxygen atoms in total. The van der Waals surface area contributed by atoms with Crippen molar-refractivity contribution in [3.05, 3.63) is 44.8 Å². The average Bonchev–Trinajstić information content (AvgIpc) is 3.33. The van der Waals surface area contributed by atoms with Gasteiger partial charge in [-0.2, -0.15) is 5.10 Å². The summed E-state index contributed by atoms with van der Waals surface area (Å²) in [4.78, 5) is 53.0.